The number of esters is 1. The van der Waals surface area contributed by atoms with Crippen molar-refractivity contribution in [2.24, 2.45) is 5.41 Å². The van der Waals surface area contributed by atoms with Gasteiger partial charge in [0.15, 0.2) is 0 Å². The average molecular weight is 286 g/mol. The molecule has 0 amide bonds. The number of benzene rings is 1. The molecule has 0 aliphatic carbocycles. The van der Waals surface area contributed by atoms with E-state index in [4.69, 9.17) is 4.74 Å². The van der Waals surface area contributed by atoms with E-state index in [1.165, 1.54) is 5.56 Å². The second-order valence-electron chi connectivity index (χ2n) is 7.84. The van der Waals surface area contributed by atoms with E-state index >= 15 is 0 Å². The van der Waals surface area contributed by atoms with Crippen LogP contribution in [0.2, 0.25) is 0 Å². The van der Waals surface area contributed by atoms with Gasteiger partial charge in [-0.1, -0.05) is 54.5 Å². The minimum absolute atomic E-state index is 0.0247. The number of hydrogen-bond acceptors (Lipinski definition) is 2. The summed E-state index contributed by atoms with van der Waals surface area (Å²) in [7, 11) is 0. The van der Waals surface area contributed by atoms with Gasteiger partial charge in [0.05, 0.1) is 0 Å². The molecule has 2 rings (SSSR count). The predicted octanol–water partition coefficient (Wildman–Crippen LogP) is 5.11. The Labute approximate surface area is 128 Å². The highest BCUT2D eigenvalue weighted by Crippen LogP contribution is 2.42. The minimum atomic E-state index is -0.205. The molecule has 2 nitrogen and oxygen atoms in total. The standard InChI is InChI=1S/C19H26O2/c1-8-15-16(19(5,6)7)12-9-13(18(2,3)4)11-14(10-12)21-17(15)20/h9-11H,8H2,1-7H3. The Morgan fingerprint density at radius 1 is 0.952 bits per heavy atom. The van der Waals surface area contributed by atoms with E-state index in [2.05, 4.69) is 47.6 Å². The van der Waals surface area contributed by atoms with Crippen LogP contribution in [0.4, 0.5) is 0 Å². The van der Waals surface area contributed by atoms with Crippen LogP contribution in [0.15, 0.2) is 23.8 Å². The first kappa shape index (κ1) is 15.8. The summed E-state index contributed by atoms with van der Waals surface area (Å²) in [5.74, 6) is 0.455. The van der Waals surface area contributed by atoms with Crippen LogP contribution in [0.3, 0.4) is 0 Å². The zero-order valence-electron chi connectivity index (χ0n) is 14.3. The Kier molecular flexibility index (Phi) is 3.77. The summed E-state index contributed by atoms with van der Waals surface area (Å²) >= 11 is 0. The summed E-state index contributed by atoms with van der Waals surface area (Å²) < 4.78 is 5.58. The van der Waals surface area contributed by atoms with Gasteiger partial charge in [0.2, 0.25) is 0 Å². The first-order valence-corrected chi connectivity index (χ1v) is 7.66. The summed E-state index contributed by atoms with van der Waals surface area (Å²) in [4.78, 5) is 12.4. The van der Waals surface area contributed by atoms with Crippen molar-refractivity contribution in [2.75, 3.05) is 0 Å². The number of carbonyl (C=O) groups excluding carboxylic acids is 1. The molecule has 0 atom stereocenters. The van der Waals surface area contributed by atoms with Crippen LogP contribution >= 0.6 is 0 Å². The van der Waals surface area contributed by atoms with Gasteiger partial charge in [-0.15, -0.1) is 0 Å². The van der Waals surface area contributed by atoms with Gasteiger partial charge in [-0.3, -0.25) is 0 Å². The molecule has 0 saturated heterocycles. The normalized spacial score (nSPS) is 15.9. The highest BCUT2D eigenvalue weighted by Gasteiger charge is 2.30. The van der Waals surface area contributed by atoms with E-state index in [-0.39, 0.29) is 16.8 Å². The van der Waals surface area contributed by atoms with Crippen molar-refractivity contribution < 1.29 is 9.53 Å². The van der Waals surface area contributed by atoms with Crippen molar-refractivity contribution in [3.8, 4) is 5.75 Å². The molecule has 114 valence electrons. The third kappa shape index (κ3) is 3.04. The molecule has 0 spiro atoms. The Morgan fingerprint density at radius 2 is 1.57 bits per heavy atom. The van der Waals surface area contributed by atoms with Crippen LogP contribution in [0, 0.1) is 5.41 Å². The predicted molar refractivity (Wildman–Crippen MR) is 87.4 cm³/mol. The van der Waals surface area contributed by atoms with Crippen molar-refractivity contribution in [1.29, 1.82) is 0 Å². The lowest BCUT2D eigenvalue weighted by atomic mass is 9.77. The topological polar surface area (TPSA) is 26.3 Å². The van der Waals surface area contributed by atoms with Crippen LogP contribution < -0.4 is 4.74 Å². The van der Waals surface area contributed by atoms with E-state index in [9.17, 15) is 4.79 Å². The molecular weight excluding hydrogens is 260 g/mol. The number of ether oxygens (including phenoxy) is 1. The van der Waals surface area contributed by atoms with Crippen LogP contribution in [-0.2, 0) is 10.2 Å². The largest absolute Gasteiger partial charge is 0.423 e. The van der Waals surface area contributed by atoms with Gasteiger partial charge in [-0.05, 0) is 46.1 Å². The van der Waals surface area contributed by atoms with E-state index in [1.807, 2.05) is 19.1 Å². The van der Waals surface area contributed by atoms with Crippen LogP contribution in [0.5, 0.6) is 5.75 Å². The zero-order valence-corrected chi connectivity index (χ0v) is 14.3. The third-order valence-corrected chi connectivity index (χ3v) is 3.92. The molecule has 1 aliphatic heterocycles. The lowest BCUT2D eigenvalue weighted by molar-refractivity contribution is -0.130. The molecule has 1 aromatic carbocycles. The average Bonchev–Trinajstić information content (AvgIpc) is 2.40. The van der Waals surface area contributed by atoms with Crippen molar-refractivity contribution in [3.05, 3.63) is 34.9 Å². The van der Waals surface area contributed by atoms with Gasteiger partial charge in [0.25, 0.3) is 0 Å². The molecule has 1 aromatic rings. The van der Waals surface area contributed by atoms with Gasteiger partial charge in [-0.2, -0.15) is 0 Å². The molecule has 2 heteroatoms. The Bertz CT molecular complexity index is 607. The fourth-order valence-electron chi connectivity index (χ4n) is 2.89. The molecule has 0 unspecified atom stereocenters. The van der Waals surface area contributed by atoms with Crippen LogP contribution in [-0.4, -0.2) is 5.97 Å². The molecule has 21 heavy (non-hydrogen) atoms. The molecule has 2 bridgehead atoms. The van der Waals surface area contributed by atoms with Crippen molar-refractivity contribution in [2.45, 2.75) is 60.3 Å². The summed E-state index contributed by atoms with van der Waals surface area (Å²) in [5.41, 5.74) is 4.15. The number of carbonyl (C=O) groups is 1. The monoisotopic (exact) mass is 286 g/mol. The minimum Gasteiger partial charge on any atom is -0.423 e. The molecular formula is C19H26O2. The maximum Gasteiger partial charge on any atom is 0.339 e. The SMILES string of the molecule is CCC1=C(C(C)(C)C)c2cc(cc(C(C)(C)C)c2)OC1=O. The first-order chi connectivity index (χ1) is 9.54. The van der Waals surface area contributed by atoms with E-state index in [0.717, 1.165) is 16.7 Å². The van der Waals surface area contributed by atoms with E-state index in [1.54, 1.807) is 0 Å². The summed E-state index contributed by atoms with van der Waals surface area (Å²) in [6, 6.07) is 6.19. The first-order valence-electron chi connectivity index (χ1n) is 7.66. The van der Waals surface area contributed by atoms with Crippen LogP contribution in [0.25, 0.3) is 5.57 Å². The molecule has 0 aromatic heterocycles. The maximum absolute atomic E-state index is 12.4. The zero-order chi connectivity index (χ0) is 16.0. The Balaban J connectivity index is 2.77. The quantitative estimate of drug-likeness (QED) is 0.529. The van der Waals surface area contributed by atoms with Gasteiger partial charge in [0, 0.05) is 5.57 Å². The second kappa shape index (κ2) is 5.01. The van der Waals surface area contributed by atoms with E-state index < -0.39 is 0 Å². The molecule has 1 heterocycles. The third-order valence-electron chi connectivity index (χ3n) is 3.92. The summed E-state index contributed by atoms with van der Waals surface area (Å²) in [5, 5.41) is 0. The molecule has 1 aliphatic rings. The van der Waals surface area contributed by atoms with Gasteiger partial charge in [-0.25, -0.2) is 4.79 Å². The number of fused-ring (bicyclic) bond motifs is 2. The number of hydrogen-bond donors (Lipinski definition) is 0. The van der Waals surface area contributed by atoms with Gasteiger partial charge in [0.1, 0.15) is 5.75 Å². The molecule has 0 N–H and O–H groups in total. The number of allylic oxidation sites excluding steroid dienone is 1. The van der Waals surface area contributed by atoms with Crippen LogP contribution in [0.1, 0.15) is 66.0 Å². The number of rotatable bonds is 1. The highest BCUT2D eigenvalue weighted by atomic mass is 16.5. The van der Waals surface area contributed by atoms with E-state index in [0.29, 0.717) is 12.2 Å². The lowest BCUT2D eigenvalue weighted by Crippen LogP contribution is -2.16. The smallest absolute Gasteiger partial charge is 0.339 e. The second-order valence-corrected chi connectivity index (χ2v) is 7.84. The molecule has 0 radical (unpaired) electrons. The lowest BCUT2D eigenvalue weighted by Gasteiger charge is -2.26. The van der Waals surface area contributed by atoms with Gasteiger partial charge < -0.3 is 4.74 Å². The molecule has 0 fully saturated rings. The van der Waals surface area contributed by atoms with Crippen molar-refractivity contribution in [3.63, 3.8) is 0 Å². The summed E-state index contributed by atoms with van der Waals surface area (Å²) in [6.45, 7) is 15.0. The molecule has 0 saturated carbocycles. The fourth-order valence-corrected chi connectivity index (χ4v) is 2.89. The summed E-state index contributed by atoms with van der Waals surface area (Å²) in [6.07, 6.45) is 0.689. The Hall–Kier alpha value is -1.57. The Morgan fingerprint density at radius 3 is 2.05 bits per heavy atom. The fraction of sp³-hybridized carbons (Fsp3) is 0.526. The maximum atomic E-state index is 12.4. The van der Waals surface area contributed by atoms with Crippen molar-refractivity contribution in [1.82, 2.24) is 0 Å². The van der Waals surface area contributed by atoms with Crippen molar-refractivity contribution >= 4 is 11.5 Å². The van der Waals surface area contributed by atoms with Gasteiger partial charge >= 0.3 is 5.97 Å². The highest BCUT2D eigenvalue weighted by molar-refractivity contribution is 6.01.